The summed E-state index contributed by atoms with van der Waals surface area (Å²) in [5.41, 5.74) is 3.01. The first-order valence-electron chi connectivity index (χ1n) is 5.20. The molecule has 0 saturated heterocycles. The Morgan fingerprint density at radius 1 is 1.12 bits per heavy atom. The summed E-state index contributed by atoms with van der Waals surface area (Å²) in [6.45, 7) is 4.10. The van der Waals surface area contributed by atoms with Crippen LogP contribution in [-0.4, -0.2) is 13.4 Å². The molecule has 0 amide bonds. The Labute approximate surface area is 94.8 Å². The van der Waals surface area contributed by atoms with Crippen molar-refractivity contribution in [2.45, 2.75) is 13.8 Å². The summed E-state index contributed by atoms with van der Waals surface area (Å²) in [5.74, 6) is 0.761. The Kier molecular flexibility index (Phi) is 2.65. The minimum absolute atomic E-state index is 0.648. The van der Waals surface area contributed by atoms with E-state index in [-0.39, 0.29) is 0 Å². The largest absolute Gasteiger partial charge is 0.496 e. The topological polar surface area (TPSA) is 26.3 Å². The van der Waals surface area contributed by atoms with Crippen LogP contribution in [0.3, 0.4) is 0 Å². The zero-order chi connectivity index (χ0) is 11.7. The molecule has 16 heavy (non-hydrogen) atoms. The summed E-state index contributed by atoms with van der Waals surface area (Å²) in [4.78, 5) is 10.8. The fourth-order valence-corrected chi connectivity index (χ4v) is 2.12. The average molecular weight is 214 g/mol. The van der Waals surface area contributed by atoms with Crippen LogP contribution < -0.4 is 4.74 Å². The summed E-state index contributed by atoms with van der Waals surface area (Å²) in [6.07, 6.45) is 0.847. The number of carbonyl (C=O) groups is 1. The molecule has 0 aliphatic rings. The van der Waals surface area contributed by atoms with Crippen LogP contribution in [0.2, 0.25) is 0 Å². The monoisotopic (exact) mass is 214 g/mol. The van der Waals surface area contributed by atoms with Gasteiger partial charge in [0.15, 0.2) is 0 Å². The average Bonchev–Trinajstić information content (AvgIpc) is 2.26. The maximum atomic E-state index is 10.8. The fourth-order valence-electron chi connectivity index (χ4n) is 2.12. The highest BCUT2D eigenvalue weighted by Gasteiger charge is 2.07. The standard InChI is InChI=1S/C14H14O2/c1-9-4-10(2)14-12(5-9)6-11(8-15)7-13(14)16-3/h4-8H,1-3H3. The molecule has 0 heterocycles. The molecule has 0 aliphatic heterocycles. The van der Waals surface area contributed by atoms with Gasteiger partial charge in [-0.25, -0.2) is 0 Å². The molecule has 0 radical (unpaired) electrons. The molecule has 0 aliphatic carbocycles. The van der Waals surface area contributed by atoms with Crippen LogP contribution in [0.4, 0.5) is 0 Å². The molecule has 2 aromatic carbocycles. The molecule has 2 nitrogen and oxygen atoms in total. The molecule has 2 rings (SSSR count). The van der Waals surface area contributed by atoms with E-state index in [1.807, 2.05) is 13.0 Å². The minimum atomic E-state index is 0.648. The number of aryl methyl sites for hydroxylation is 2. The van der Waals surface area contributed by atoms with Gasteiger partial charge in [0.25, 0.3) is 0 Å². The molecule has 82 valence electrons. The van der Waals surface area contributed by atoms with Crippen molar-refractivity contribution in [2.24, 2.45) is 0 Å². The summed E-state index contributed by atoms with van der Waals surface area (Å²) in [7, 11) is 1.63. The lowest BCUT2D eigenvalue weighted by Crippen LogP contribution is -1.91. The van der Waals surface area contributed by atoms with Crippen LogP contribution in [0.25, 0.3) is 10.8 Å². The fraction of sp³-hybridized carbons (Fsp3) is 0.214. The van der Waals surface area contributed by atoms with Gasteiger partial charge in [-0.1, -0.05) is 17.7 Å². The second-order valence-corrected chi connectivity index (χ2v) is 4.02. The molecule has 0 aromatic heterocycles. The lowest BCUT2D eigenvalue weighted by atomic mass is 9.99. The van der Waals surface area contributed by atoms with Gasteiger partial charge in [-0.3, -0.25) is 4.79 Å². The molecule has 2 aromatic rings. The number of benzene rings is 2. The van der Waals surface area contributed by atoms with Crippen molar-refractivity contribution in [1.29, 1.82) is 0 Å². The summed E-state index contributed by atoms with van der Waals surface area (Å²) in [6, 6.07) is 7.85. The van der Waals surface area contributed by atoms with Gasteiger partial charge < -0.3 is 4.74 Å². The number of hydrogen-bond donors (Lipinski definition) is 0. The van der Waals surface area contributed by atoms with E-state index >= 15 is 0 Å². The van der Waals surface area contributed by atoms with Gasteiger partial charge >= 0.3 is 0 Å². The van der Waals surface area contributed by atoms with Gasteiger partial charge in [0, 0.05) is 10.9 Å². The van der Waals surface area contributed by atoms with Crippen molar-refractivity contribution in [2.75, 3.05) is 7.11 Å². The highest BCUT2D eigenvalue weighted by Crippen LogP contribution is 2.30. The second-order valence-electron chi connectivity index (χ2n) is 4.02. The third-order valence-electron chi connectivity index (χ3n) is 2.73. The highest BCUT2D eigenvalue weighted by molar-refractivity contribution is 5.96. The minimum Gasteiger partial charge on any atom is -0.496 e. The second kappa shape index (κ2) is 3.97. The van der Waals surface area contributed by atoms with Crippen LogP contribution in [0, 0.1) is 13.8 Å². The number of ether oxygens (including phenoxy) is 1. The Hall–Kier alpha value is -1.83. The van der Waals surface area contributed by atoms with Crippen molar-refractivity contribution in [1.82, 2.24) is 0 Å². The van der Waals surface area contributed by atoms with Crippen molar-refractivity contribution in [3.63, 3.8) is 0 Å². The predicted molar refractivity (Wildman–Crippen MR) is 65.4 cm³/mol. The van der Waals surface area contributed by atoms with E-state index in [2.05, 4.69) is 19.1 Å². The van der Waals surface area contributed by atoms with E-state index in [0.717, 1.165) is 22.8 Å². The molecule has 0 saturated carbocycles. The molecule has 0 N–H and O–H groups in total. The van der Waals surface area contributed by atoms with E-state index in [9.17, 15) is 4.79 Å². The van der Waals surface area contributed by atoms with Gasteiger partial charge in [0.2, 0.25) is 0 Å². The van der Waals surface area contributed by atoms with Gasteiger partial charge in [-0.2, -0.15) is 0 Å². The van der Waals surface area contributed by atoms with Crippen molar-refractivity contribution in [3.05, 3.63) is 41.0 Å². The van der Waals surface area contributed by atoms with Crippen molar-refractivity contribution >= 4 is 17.1 Å². The first-order chi connectivity index (χ1) is 7.65. The first-order valence-corrected chi connectivity index (χ1v) is 5.20. The van der Waals surface area contributed by atoms with Crippen LogP contribution in [0.1, 0.15) is 21.5 Å². The highest BCUT2D eigenvalue weighted by atomic mass is 16.5. The quantitative estimate of drug-likeness (QED) is 0.717. The van der Waals surface area contributed by atoms with E-state index in [0.29, 0.717) is 5.56 Å². The number of aldehydes is 1. The SMILES string of the molecule is COc1cc(C=O)cc2cc(C)cc(C)c12. The first kappa shape index (κ1) is 10.7. The number of carbonyl (C=O) groups excluding carboxylic acids is 1. The Morgan fingerprint density at radius 3 is 2.50 bits per heavy atom. The van der Waals surface area contributed by atoms with E-state index in [1.54, 1.807) is 13.2 Å². The molecule has 2 heteroatoms. The van der Waals surface area contributed by atoms with Crippen LogP contribution in [0.15, 0.2) is 24.3 Å². The zero-order valence-electron chi connectivity index (χ0n) is 9.70. The van der Waals surface area contributed by atoms with E-state index < -0.39 is 0 Å². The van der Waals surface area contributed by atoms with Crippen LogP contribution in [-0.2, 0) is 0 Å². The third-order valence-corrected chi connectivity index (χ3v) is 2.73. The van der Waals surface area contributed by atoms with E-state index in [1.165, 1.54) is 11.1 Å². The predicted octanol–water partition coefficient (Wildman–Crippen LogP) is 3.28. The third kappa shape index (κ3) is 1.67. The Balaban J connectivity index is 2.89. The Morgan fingerprint density at radius 2 is 1.88 bits per heavy atom. The lowest BCUT2D eigenvalue weighted by molar-refractivity contribution is 0.112. The summed E-state index contributed by atoms with van der Waals surface area (Å²) < 4.78 is 5.33. The van der Waals surface area contributed by atoms with Gasteiger partial charge in [-0.05, 0) is 36.9 Å². The van der Waals surface area contributed by atoms with E-state index in [4.69, 9.17) is 4.74 Å². The number of rotatable bonds is 2. The summed E-state index contributed by atoms with van der Waals surface area (Å²) in [5, 5.41) is 2.14. The number of hydrogen-bond acceptors (Lipinski definition) is 2. The van der Waals surface area contributed by atoms with Crippen LogP contribution in [0.5, 0.6) is 5.75 Å². The molecule has 0 unspecified atom stereocenters. The maximum absolute atomic E-state index is 10.8. The summed E-state index contributed by atoms with van der Waals surface area (Å²) >= 11 is 0. The van der Waals surface area contributed by atoms with Crippen LogP contribution >= 0.6 is 0 Å². The number of fused-ring (bicyclic) bond motifs is 1. The van der Waals surface area contributed by atoms with Gasteiger partial charge in [0.1, 0.15) is 12.0 Å². The normalized spacial score (nSPS) is 10.4. The smallest absolute Gasteiger partial charge is 0.150 e. The zero-order valence-corrected chi connectivity index (χ0v) is 9.70. The molecule has 0 fully saturated rings. The van der Waals surface area contributed by atoms with Crippen molar-refractivity contribution < 1.29 is 9.53 Å². The lowest BCUT2D eigenvalue weighted by Gasteiger charge is -2.10. The Bertz CT molecular complexity index is 556. The maximum Gasteiger partial charge on any atom is 0.150 e. The van der Waals surface area contributed by atoms with Gasteiger partial charge in [0.05, 0.1) is 7.11 Å². The molecule has 0 atom stereocenters. The van der Waals surface area contributed by atoms with Crippen molar-refractivity contribution in [3.8, 4) is 5.75 Å². The molecule has 0 spiro atoms. The van der Waals surface area contributed by atoms with Gasteiger partial charge in [-0.15, -0.1) is 0 Å². The molecular formula is C14H14O2. The molecule has 0 bridgehead atoms. The number of methoxy groups -OCH3 is 1. The molecular weight excluding hydrogens is 200 g/mol.